The molecule has 0 aromatic heterocycles. The maximum atomic E-state index is 14.5. The Balaban J connectivity index is 1.84. The number of carbonyl (C=O) groups is 2. The molecule has 0 heterocycles. The smallest absolute Gasteiger partial charge is 0.273 e. The van der Waals surface area contributed by atoms with Gasteiger partial charge in [-0.25, -0.2) is 8.42 Å². The van der Waals surface area contributed by atoms with Gasteiger partial charge in [0.05, 0.1) is 22.6 Å². The fourth-order valence-corrected chi connectivity index (χ4v) is 6.71. The Bertz CT molecular complexity index is 1850. The monoisotopic (exact) mass is 692 g/mol. The molecule has 2 amide bonds. The molecule has 0 spiro atoms. The maximum absolute atomic E-state index is 14.5. The van der Waals surface area contributed by atoms with Crippen LogP contribution in [0.25, 0.3) is 0 Å². The van der Waals surface area contributed by atoms with Crippen LogP contribution < -0.4 is 14.4 Å². The van der Waals surface area contributed by atoms with Gasteiger partial charge < -0.3 is 15.0 Å². The average Bonchev–Trinajstić information content (AvgIpc) is 3.08. The number of hydrogen-bond donors (Lipinski definition) is 1. The SMILES string of the molecule is CCCNC(=O)[C@@H](Cc1ccccc1)N(Cc1ccccc1Cl)C(=O)CN(c1ccc(OC)cc1)S(=O)(=O)c1ccc(C)c([N+](=O)[O-])c1. The molecule has 48 heavy (non-hydrogen) atoms. The van der Waals surface area contributed by atoms with Crippen molar-refractivity contribution < 1.29 is 27.7 Å². The molecule has 1 N–H and O–H groups in total. The number of hydrogen-bond acceptors (Lipinski definition) is 7. The van der Waals surface area contributed by atoms with Crippen molar-refractivity contribution in [3.05, 3.63) is 129 Å². The van der Waals surface area contributed by atoms with Gasteiger partial charge in [-0.1, -0.05) is 73.1 Å². The van der Waals surface area contributed by atoms with Crippen LogP contribution in [0.4, 0.5) is 11.4 Å². The summed E-state index contributed by atoms with van der Waals surface area (Å²) in [5.74, 6) is -0.651. The van der Waals surface area contributed by atoms with Crippen LogP contribution in [0.3, 0.4) is 0 Å². The van der Waals surface area contributed by atoms with E-state index in [0.29, 0.717) is 29.3 Å². The van der Waals surface area contributed by atoms with Crippen LogP contribution >= 0.6 is 11.6 Å². The zero-order valence-electron chi connectivity index (χ0n) is 26.8. The van der Waals surface area contributed by atoms with Gasteiger partial charge in [0, 0.05) is 36.2 Å². The van der Waals surface area contributed by atoms with E-state index in [1.807, 2.05) is 37.3 Å². The molecule has 4 rings (SSSR count). The van der Waals surface area contributed by atoms with Gasteiger partial charge in [0.15, 0.2) is 0 Å². The molecule has 0 aliphatic heterocycles. The summed E-state index contributed by atoms with van der Waals surface area (Å²) in [7, 11) is -3.10. The molecule has 0 saturated heterocycles. The van der Waals surface area contributed by atoms with Crippen LogP contribution in [0.5, 0.6) is 5.75 Å². The number of ether oxygens (including phenoxy) is 1. The molecule has 0 fully saturated rings. The first kappa shape index (κ1) is 35.9. The Kier molecular flexibility index (Phi) is 12.2. The van der Waals surface area contributed by atoms with Crippen LogP contribution in [0.15, 0.2) is 102 Å². The van der Waals surface area contributed by atoms with Gasteiger partial charge in [-0.15, -0.1) is 0 Å². The van der Waals surface area contributed by atoms with Crippen LogP contribution in [0.2, 0.25) is 5.02 Å². The zero-order chi connectivity index (χ0) is 34.8. The third-order valence-corrected chi connectivity index (χ3v) is 9.86. The Labute approximate surface area is 285 Å². The van der Waals surface area contributed by atoms with Crippen LogP contribution in [0.1, 0.15) is 30.0 Å². The Hall–Kier alpha value is -4.94. The van der Waals surface area contributed by atoms with Gasteiger partial charge in [-0.05, 0) is 60.9 Å². The van der Waals surface area contributed by atoms with Gasteiger partial charge in [-0.3, -0.25) is 24.0 Å². The molecule has 252 valence electrons. The summed E-state index contributed by atoms with van der Waals surface area (Å²) >= 11 is 6.53. The lowest BCUT2D eigenvalue weighted by Crippen LogP contribution is -2.53. The number of anilines is 1. The molecule has 13 heteroatoms. The van der Waals surface area contributed by atoms with Crippen molar-refractivity contribution >= 4 is 44.8 Å². The van der Waals surface area contributed by atoms with Crippen LogP contribution in [-0.4, -0.2) is 56.3 Å². The summed E-state index contributed by atoms with van der Waals surface area (Å²) in [5, 5.41) is 15.0. The average molecular weight is 693 g/mol. The quantitative estimate of drug-likeness (QED) is 0.120. The first-order valence-corrected chi connectivity index (χ1v) is 17.0. The lowest BCUT2D eigenvalue weighted by atomic mass is 10.0. The fourth-order valence-electron chi connectivity index (χ4n) is 5.08. The van der Waals surface area contributed by atoms with E-state index in [0.717, 1.165) is 15.9 Å². The summed E-state index contributed by atoms with van der Waals surface area (Å²) in [6.45, 7) is 2.96. The third-order valence-electron chi connectivity index (χ3n) is 7.72. The topological polar surface area (TPSA) is 139 Å². The highest BCUT2D eigenvalue weighted by Gasteiger charge is 2.35. The molecule has 4 aromatic carbocycles. The molecule has 1 atom stereocenters. The van der Waals surface area contributed by atoms with Gasteiger partial charge in [-0.2, -0.15) is 0 Å². The van der Waals surface area contributed by atoms with Crippen molar-refractivity contribution in [2.24, 2.45) is 0 Å². The standard InChI is InChI=1S/C35H37ClN4O7S/c1-4-20-37-35(42)33(21-26-10-6-5-7-11-26)38(23-27-12-8-9-13-31(27)36)34(41)24-39(28-15-17-29(47-3)18-16-28)48(45,46)30-19-14-25(2)32(22-30)40(43)44/h5-19,22,33H,4,20-21,23-24H2,1-3H3,(H,37,42)/t33-/m1/s1. The summed E-state index contributed by atoms with van der Waals surface area (Å²) in [5.41, 5.74) is 1.35. The Morgan fingerprint density at radius 2 is 1.65 bits per heavy atom. The number of methoxy groups -OCH3 is 1. The van der Waals surface area contributed by atoms with Crippen molar-refractivity contribution in [1.82, 2.24) is 10.2 Å². The predicted molar refractivity (Wildman–Crippen MR) is 185 cm³/mol. The Morgan fingerprint density at radius 3 is 2.27 bits per heavy atom. The normalized spacial score (nSPS) is 11.8. The Morgan fingerprint density at radius 1 is 0.979 bits per heavy atom. The minimum Gasteiger partial charge on any atom is -0.497 e. The van der Waals surface area contributed by atoms with E-state index in [9.17, 15) is 28.1 Å². The highest BCUT2D eigenvalue weighted by Crippen LogP contribution is 2.30. The highest BCUT2D eigenvalue weighted by atomic mass is 35.5. The number of amides is 2. The van der Waals surface area contributed by atoms with Gasteiger partial charge in [0.25, 0.3) is 15.7 Å². The zero-order valence-corrected chi connectivity index (χ0v) is 28.4. The highest BCUT2D eigenvalue weighted by molar-refractivity contribution is 7.92. The van der Waals surface area contributed by atoms with Crippen LogP contribution in [-0.2, 0) is 32.6 Å². The molecular weight excluding hydrogens is 656 g/mol. The molecule has 0 saturated carbocycles. The molecule has 0 unspecified atom stereocenters. The number of nitrogens with zero attached hydrogens (tertiary/aromatic N) is 3. The fraction of sp³-hybridized carbons (Fsp3) is 0.257. The second-order valence-electron chi connectivity index (χ2n) is 11.0. The number of carbonyl (C=O) groups excluding carboxylic acids is 2. The second kappa shape index (κ2) is 16.2. The van der Waals surface area contributed by atoms with Crippen molar-refractivity contribution in [2.45, 2.75) is 44.2 Å². The largest absolute Gasteiger partial charge is 0.497 e. The number of benzene rings is 4. The van der Waals surface area contributed by atoms with Crippen molar-refractivity contribution in [2.75, 3.05) is 24.5 Å². The van der Waals surface area contributed by atoms with Crippen LogP contribution in [0, 0.1) is 17.0 Å². The summed E-state index contributed by atoms with van der Waals surface area (Å²) in [6.07, 6.45) is 0.806. The maximum Gasteiger partial charge on any atom is 0.273 e. The number of nitro groups is 1. The third kappa shape index (κ3) is 8.69. The van der Waals surface area contributed by atoms with E-state index in [-0.39, 0.29) is 34.8 Å². The number of sulfonamides is 1. The first-order valence-electron chi connectivity index (χ1n) is 15.2. The van der Waals surface area contributed by atoms with E-state index in [2.05, 4.69) is 5.32 Å². The lowest BCUT2D eigenvalue weighted by Gasteiger charge is -2.34. The molecule has 0 radical (unpaired) electrons. The first-order chi connectivity index (χ1) is 23.0. The molecular formula is C35H37ClN4O7S. The van der Waals surface area contributed by atoms with E-state index in [1.165, 1.54) is 55.3 Å². The summed E-state index contributed by atoms with van der Waals surface area (Å²) in [6, 6.07) is 24.7. The van der Waals surface area contributed by atoms with Gasteiger partial charge >= 0.3 is 0 Å². The predicted octanol–water partition coefficient (Wildman–Crippen LogP) is 5.93. The number of halogens is 1. The number of nitro benzene ring substituents is 1. The number of aryl methyl sites for hydroxylation is 1. The molecule has 0 aliphatic rings. The number of rotatable bonds is 15. The summed E-state index contributed by atoms with van der Waals surface area (Å²) < 4.78 is 34.7. The summed E-state index contributed by atoms with van der Waals surface area (Å²) in [4.78, 5) is 40.3. The van der Waals surface area contributed by atoms with E-state index >= 15 is 0 Å². The van der Waals surface area contributed by atoms with E-state index in [4.69, 9.17) is 16.3 Å². The molecule has 0 aliphatic carbocycles. The van der Waals surface area contributed by atoms with Gasteiger partial charge in [0.2, 0.25) is 11.8 Å². The second-order valence-corrected chi connectivity index (χ2v) is 13.3. The molecule has 0 bridgehead atoms. The molecule has 4 aromatic rings. The number of nitrogens with one attached hydrogen (secondary N) is 1. The molecule has 11 nitrogen and oxygen atoms in total. The van der Waals surface area contributed by atoms with Crippen molar-refractivity contribution in [3.63, 3.8) is 0 Å². The minimum atomic E-state index is -4.56. The van der Waals surface area contributed by atoms with Crippen molar-refractivity contribution in [1.29, 1.82) is 0 Å². The van der Waals surface area contributed by atoms with Gasteiger partial charge in [0.1, 0.15) is 18.3 Å². The lowest BCUT2D eigenvalue weighted by molar-refractivity contribution is -0.385. The minimum absolute atomic E-state index is 0.0952. The van der Waals surface area contributed by atoms with E-state index in [1.54, 1.807) is 24.3 Å². The van der Waals surface area contributed by atoms with E-state index < -0.39 is 39.3 Å². The van der Waals surface area contributed by atoms with Crippen molar-refractivity contribution in [3.8, 4) is 5.75 Å².